The van der Waals surface area contributed by atoms with Crippen LogP contribution in [0.3, 0.4) is 0 Å². The highest BCUT2D eigenvalue weighted by Crippen LogP contribution is 2.27. The van der Waals surface area contributed by atoms with Gasteiger partial charge in [-0.15, -0.1) is 0 Å². The Hall–Kier alpha value is -0.0400. The van der Waals surface area contributed by atoms with E-state index in [-0.39, 0.29) is 0 Å². The number of hydrogen-bond acceptors (Lipinski definition) is 1. The zero-order valence-corrected chi connectivity index (χ0v) is 11.6. The summed E-state index contributed by atoms with van der Waals surface area (Å²) < 4.78 is 0. The summed E-state index contributed by atoms with van der Waals surface area (Å²) in [7, 11) is 0. The first-order chi connectivity index (χ1) is 7.75. The van der Waals surface area contributed by atoms with E-state index in [1.165, 1.54) is 57.9 Å². The van der Waals surface area contributed by atoms with E-state index in [1.807, 2.05) is 0 Å². The third-order valence-corrected chi connectivity index (χ3v) is 4.01. The number of hydrogen-bond donors (Lipinski definition) is 1. The lowest BCUT2D eigenvalue weighted by atomic mass is 9.81. The molecule has 1 atom stereocenters. The van der Waals surface area contributed by atoms with Crippen LogP contribution < -0.4 is 5.32 Å². The molecule has 0 aromatic rings. The van der Waals surface area contributed by atoms with Crippen molar-refractivity contribution in [1.29, 1.82) is 0 Å². The summed E-state index contributed by atoms with van der Waals surface area (Å²) in [4.78, 5) is 0. The minimum absolute atomic E-state index is 0.762. The van der Waals surface area contributed by atoms with Crippen molar-refractivity contribution < 1.29 is 0 Å². The van der Waals surface area contributed by atoms with Crippen molar-refractivity contribution in [3.05, 3.63) is 0 Å². The molecule has 96 valence electrons. The van der Waals surface area contributed by atoms with E-state index in [9.17, 15) is 0 Å². The molecule has 1 heteroatoms. The average molecular weight is 225 g/mol. The van der Waals surface area contributed by atoms with Crippen LogP contribution in [-0.2, 0) is 0 Å². The van der Waals surface area contributed by atoms with E-state index in [0.29, 0.717) is 0 Å². The van der Waals surface area contributed by atoms with Crippen molar-refractivity contribution in [1.82, 2.24) is 5.32 Å². The average Bonchev–Trinajstić information content (AvgIpc) is 2.20. The van der Waals surface area contributed by atoms with Gasteiger partial charge >= 0.3 is 0 Å². The zero-order valence-electron chi connectivity index (χ0n) is 11.6. The standard InChI is InChI=1S/C15H31N/c1-4-12-16-15(13(2)3)14-10-8-6-5-7-9-11-14/h13-16H,4-12H2,1-3H3. The van der Waals surface area contributed by atoms with E-state index in [4.69, 9.17) is 0 Å². The Balaban J connectivity index is 2.45. The molecule has 1 aliphatic rings. The van der Waals surface area contributed by atoms with Gasteiger partial charge in [0, 0.05) is 6.04 Å². The fourth-order valence-electron chi connectivity index (χ4n) is 3.10. The SMILES string of the molecule is CCCNC(C(C)C)C1CCCCCCC1. The minimum Gasteiger partial charge on any atom is -0.313 e. The highest BCUT2D eigenvalue weighted by atomic mass is 14.9. The Morgan fingerprint density at radius 2 is 1.56 bits per heavy atom. The fourth-order valence-corrected chi connectivity index (χ4v) is 3.10. The van der Waals surface area contributed by atoms with E-state index >= 15 is 0 Å². The summed E-state index contributed by atoms with van der Waals surface area (Å²) >= 11 is 0. The lowest BCUT2D eigenvalue weighted by molar-refractivity contribution is 0.236. The first-order valence-corrected chi connectivity index (χ1v) is 7.49. The predicted octanol–water partition coefficient (Wildman–Crippen LogP) is 4.37. The van der Waals surface area contributed by atoms with Crippen LogP contribution in [0.5, 0.6) is 0 Å². The molecule has 1 saturated carbocycles. The van der Waals surface area contributed by atoms with Gasteiger partial charge in [-0.2, -0.15) is 0 Å². The monoisotopic (exact) mass is 225 g/mol. The van der Waals surface area contributed by atoms with Gasteiger partial charge in [-0.05, 0) is 37.6 Å². The van der Waals surface area contributed by atoms with Gasteiger partial charge in [0.1, 0.15) is 0 Å². The molecule has 0 amide bonds. The lowest BCUT2D eigenvalue weighted by Crippen LogP contribution is -2.41. The van der Waals surface area contributed by atoms with Crippen molar-refractivity contribution in [2.45, 2.75) is 78.2 Å². The van der Waals surface area contributed by atoms with Crippen molar-refractivity contribution in [3.63, 3.8) is 0 Å². The summed E-state index contributed by atoms with van der Waals surface area (Å²) in [6.07, 6.45) is 11.5. The van der Waals surface area contributed by atoms with Crippen LogP contribution in [0.15, 0.2) is 0 Å². The molecule has 1 unspecified atom stereocenters. The van der Waals surface area contributed by atoms with Crippen LogP contribution in [0, 0.1) is 11.8 Å². The number of nitrogens with one attached hydrogen (secondary N) is 1. The normalized spacial score (nSPS) is 21.8. The Morgan fingerprint density at radius 1 is 1.00 bits per heavy atom. The molecule has 0 heterocycles. The smallest absolute Gasteiger partial charge is 0.0118 e. The van der Waals surface area contributed by atoms with Gasteiger partial charge in [-0.25, -0.2) is 0 Å². The van der Waals surface area contributed by atoms with Gasteiger partial charge in [0.05, 0.1) is 0 Å². The molecule has 0 aliphatic heterocycles. The van der Waals surface area contributed by atoms with Crippen molar-refractivity contribution in [3.8, 4) is 0 Å². The largest absolute Gasteiger partial charge is 0.313 e. The Kier molecular flexibility index (Phi) is 7.11. The van der Waals surface area contributed by atoms with Crippen molar-refractivity contribution in [2.75, 3.05) is 6.54 Å². The Bertz CT molecular complexity index is 157. The zero-order chi connectivity index (χ0) is 11.8. The summed E-state index contributed by atoms with van der Waals surface area (Å²) in [6.45, 7) is 8.22. The molecule has 0 bridgehead atoms. The topological polar surface area (TPSA) is 12.0 Å². The highest BCUT2D eigenvalue weighted by Gasteiger charge is 2.23. The molecular weight excluding hydrogens is 194 g/mol. The third kappa shape index (κ3) is 4.86. The molecule has 16 heavy (non-hydrogen) atoms. The third-order valence-electron chi connectivity index (χ3n) is 4.01. The molecule has 0 aromatic carbocycles. The van der Waals surface area contributed by atoms with E-state index < -0.39 is 0 Å². The van der Waals surface area contributed by atoms with Gasteiger partial charge in [0.2, 0.25) is 0 Å². The molecule has 0 saturated heterocycles. The molecule has 1 rings (SSSR count). The van der Waals surface area contributed by atoms with Crippen LogP contribution >= 0.6 is 0 Å². The molecular formula is C15H31N. The second-order valence-corrected chi connectivity index (χ2v) is 5.83. The highest BCUT2D eigenvalue weighted by molar-refractivity contribution is 4.80. The molecule has 0 radical (unpaired) electrons. The maximum Gasteiger partial charge on any atom is 0.0118 e. The maximum atomic E-state index is 3.79. The maximum absolute atomic E-state index is 3.79. The van der Waals surface area contributed by atoms with Crippen molar-refractivity contribution in [2.24, 2.45) is 11.8 Å². The van der Waals surface area contributed by atoms with E-state index in [2.05, 4.69) is 26.1 Å². The van der Waals surface area contributed by atoms with Crippen LogP contribution in [0.4, 0.5) is 0 Å². The molecule has 1 aliphatic carbocycles. The second kappa shape index (κ2) is 8.11. The van der Waals surface area contributed by atoms with Gasteiger partial charge in [0.15, 0.2) is 0 Å². The fraction of sp³-hybridized carbons (Fsp3) is 1.00. The van der Waals surface area contributed by atoms with Crippen molar-refractivity contribution >= 4 is 0 Å². The van der Waals surface area contributed by atoms with Gasteiger partial charge in [-0.1, -0.05) is 52.9 Å². The summed E-state index contributed by atoms with van der Waals surface area (Å²) in [6, 6.07) is 0.762. The van der Waals surface area contributed by atoms with E-state index in [1.54, 1.807) is 0 Å². The Morgan fingerprint density at radius 3 is 2.06 bits per heavy atom. The molecule has 0 spiro atoms. The second-order valence-electron chi connectivity index (χ2n) is 5.83. The van der Waals surface area contributed by atoms with Crippen LogP contribution in [0.25, 0.3) is 0 Å². The minimum atomic E-state index is 0.762. The van der Waals surface area contributed by atoms with Gasteiger partial charge in [0.25, 0.3) is 0 Å². The molecule has 1 fully saturated rings. The first-order valence-electron chi connectivity index (χ1n) is 7.49. The van der Waals surface area contributed by atoms with E-state index in [0.717, 1.165) is 17.9 Å². The number of rotatable bonds is 5. The van der Waals surface area contributed by atoms with Crippen LogP contribution in [0.1, 0.15) is 72.1 Å². The predicted molar refractivity (Wildman–Crippen MR) is 72.7 cm³/mol. The molecule has 0 aromatic heterocycles. The van der Waals surface area contributed by atoms with Crippen LogP contribution in [0.2, 0.25) is 0 Å². The first kappa shape index (κ1) is 14.0. The van der Waals surface area contributed by atoms with Crippen LogP contribution in [-0.4, -0.2) is 12.6 Å². The van der Waals surface area contributed by atoms with Gasteiger partial charge < -0.3 is 5.32 Å². The summed E-state index contributed by atoms with van der Waals surface area (Å²) in [5.74, 6) is 1.72. The quantitative estimate of drug-likeness (QED) is 0.732. The van der Waals surface area contributed by atoms with Gasteiger partial charge in [-0.3, -0.25) is 0 Å². The molecule has 1 nitrogen and oxygen atoms in total. The Labute approximate surface area is 102 Å². The summed E-state index contributed by atoms with van der Waals surface area (Å²) in [5, 5.41) is 3.79. The lowest BCUT2D eigenvalue weighted by Gasteiger charge is -2.32. The molecule has 1 N–H and O–H groups in total. The summed E-state index contributed by atoms with van der Waals surface area (Å²) in [5.41, 5.74) is 0.